The van der Waals surface area contributed by atoms with E-state index in [2.05, 4.69) is 42.2 Å². The van der Waals surface area contributed by atoms with Crippen molar-refractivity contribution in [2.75, 3.05) is 6.61 Å². The third kappa shape index (κ3) is 5.60. The van der Waals surface area contributed by atoms with Crippen molar-refractivity contribution in [2.24, 2.45) is 7.05 Å². The summed E-state index contributed by atoms with van der Waals surface area (Å²) in [6, 6.07) is 13.4. The van der Waals surface area contributed by atoms with Crippen LogP contribution in [0.15, 0.2) is 54.9 Å². The van der Waals surface area contributed by atoms with Gasteiger partial charge < -0.3 is 10.1 Å². The molecule has 0 saturated carbocycles. The van der Waals surface area contributed by atoms with E-state index in [1.165, 1.54) is 5.19 Å². The quantitative estimate of drug-likeness (QED) is 0.523. The maximum atomic E-state index is 13.4. The molecule has 0 aliphatic carbocycles. The van der Waals surface area contributed by atoms with Gasteiger partial charge in [0.2, 0.25) is 5.91 Å². The summed E-state index contributed by atoms with van der Waals surface area (Å²) in [5.41, 5.74) is 3.64. The molecule has 4 rings (SSSR count). The number of fused-ring (bicyclic) bond motifs is 1. The van der Waals surface area contributed by atoms with Crippen molar-refractivity contribution in [3.63, 3.8) is 0 Å². The van der Waals surface area contributed by atoms with Crippen LogP contribution in [-0.4, -0.2) is 36.2 Å². The molecular formula is C26H31N3O3Si. The van der Waals surface area contributed by atoms with E-state index in [4.69, 9.17) is 4.74 Å². The van der Waals surface area contributed by atoms with Gasteiger partial charge in [0, 0.05) is 26.1 Å². The summed E-state index contributed by atoms with van der Waals surface area (Å²) in [7, 11) is 0.415. The number of nitrogens with zero attached hydrogens (tertiary/aromatic N) is 2. The van der Waals surface area contributed by atoms with E-state index in [-0.39, 0.29) is 24.5 Å². The zero-order valence-electron chi connectivity index (χ0n) is 19.7. The van der Waals surface area contributed by atoms with Crippen molar-refractivity contribution < 1.29 is 14.3 Å². The second kappa shape index (κ2) is 9.35. The minimum atomic E-state index is -1.40. The first-order valence-corrected chi connectivity index (χ1v) is 14.8. The summed E-state index contributed by atoms with van der Waals surface area (Å²) in [5, 5.41) is 8.46. The predicted octanol–water partition coefficient (Wildman–Crippen LogP) is 3.11. The number of ketones is 1. The Morgan fingerprint density at radius 1 is 1.09 bits per heavy atom. The Kier molecular flexibility index (Phi) is 6.51. The largest absolute Gasteiger partial charge is 0.493 e. The number of Topliss-reactive ketones (excluding diaryl/α,β-unsaturated/α-hetero) is 1. The molecule has 2 heterocycles. The van der Waals surface area contributed by atoms with Gasteiger partial charge in [0.1, 0.15) is 11.8 Å². The fourth-order valence-corrected chi connectivity index (χ4v) is 5.29. The highest BCUT2D eigenvalue weighted by Crippen LogP contribution is 2.29. The highest BCUT2D eigenvalue weighted by molar-refractivity contribution is 6.88. The molecule has 2 aromatic carbocycles. The molecule has 7 heteroatoms. The maximum Gasteiger partial charge on any atom is 0.225 e. The van der Waals surface area contributed by atoms with Crippen LogP contribution in [0.4, 0.5) is 0 Å². The van der Waals surface area contributed by atoms with Crippen molar-refractivity contribution in [2.45, 2.75) is 44.9 Å². The summed E-state index contributed by atoms with van der Waals surface area (Å²) in [5.74, 6) is 0.620. The summed E-state index contributed by atoms with van der Waals surface area (Å²) in [6.07, 6.45) is 4.73. The summed E-state index contributed by atoms with van der Waals surface area (Å²) >= 11 is 0. The SMILES string of the molecule is Cn1cc(CC(=O)NC(C(=O)Cc2ccc([Si](C)(C)C)cc2)c2ccc3c(c2)CCO3)cn1. The Bertz CT molecular complexity index is 1160. The van der Waals surface area contributed by atoms with Crippen molar-refractivity contribution in [3.8, 4) is 5.75 Å². The molecule has 1 aliphatic rings. The maximum absolute atomic E-state index is 13.4. The Balaban J connectivity index is 1.55. The number of ether oxygens (including phenoxy) is 1. The molecule has 0 saturated heterocycles. The standard InChI is InChI=1S/C26H31N3O3Si/c1-29-17-19(16-27-29)14-25(31)28-26(21-7-10-24-20(15-21)11-12-32-24)23(30)13-18-5-8-22(9-6-18)33(2,3)4/h5-10,15-17,26H,11-14H2,1-4H3,(H,28,31). The number of carbonyl (C=O) groups is 2. The van der Waals surface area contributed by atoms with Crippen LogP contribution in [0.2, 0.25) is 19.6 Å². The van der Waals surface area contributed by atoms with Crippen LogP contribution in [-0.2, 0) is 35.9 Å². The topological polar surface area (TPSA) is 73.2 Å². The van der Waals surface area contributed by atoms with E-state index in [9.17, 15) is 9.59 Å². The normalized spacial score (nSPS) is 13.8. The molecule has 1 N–H and O–H groups in total. The van der Waals surface area contributed by atoms with Crippen molar-refractivity contribution in [3.05, 3.63) is 77.1 Å². The average Bonchev–Trinajstić information content (AvgIpc) is 3.39. The molecule has 172 valence electrons. The molecule has 1 unspecified atom stereocenters. The molecule has 1 amide bonds. The minimum Gasteiger partial charge on any atom is -0.493 e. The lowest BCUT2D eigenvalue weighted by Gasteiger charge is -2.20. The lowest BCUT2D eigenvalue weighted by molar-refractivity contribution is -0.127. The van der Waals surface area contributed by atoms with Crippen LogP contribution in [0, 0.1) is 0 Å². The number of amides is 1. The van der Waals surface area contributed by atoms with E-state index >= 15 is 0 Å². The lowest BCUT2D eigenvalue weighted by Crippen LogP contribution is -2.37. The van der Waals surface area contributed by atoms with Gasteiger partial charge in [-0.1, -0.05) is 55.2 Å². The smallest absolute Gasteiger partial charge is 0.225 e. The Hall–Kier alpha value is -3.19. The second-order valence-electron chi connectivity index (χ2n) is 9.76. The van der Waals surface area contributed by atoms with Gasteiger partial charge in [0.05, 0.1) is 27.3 Å². The van der Waals surface area contributed by atoms with Crippen molar-refractivity contribution >= 4 is 25.0 Å². The molecule has 1 aliphatic heterocycles. The van der Waals surface area contributed by atoms with E-state index in [1.807, 2.05) is 43.6 Å². The third-order valence-corrected chi connectivity index (χ3v) is 8.06. The molecule has 1 atom stereocenters. The zero-order valence-corrected chi connectivity index (χ0v) is 20.7. The van der Waals surface area contributed by atoms with Crippen LogP contribution in [0.1, 0.15) is 28.3 Å². The van der Waals surface area contributed by atoms with Crippen LogP contribution in [0.25, 0.3) is 0 Å². The number of hydrogen-bond acceptors (Lipinski definition) is 4. The Labute approximate surface area is 196 Å². The Morgan fingerprint density at radius 2 is 1.85 bits per heavy atom. The van der Waals surface area contributed by atoms with Crippen molar-refractivity contribution in [1.29, 1.82) is 0 Å². The molecule has 6 nitrogen and oxygen atoms in total. The third-order valence-electron chi connectivity index (χ3n) is 6.00. The molecule has 33 heavy (non-hydrogen) atoms. The van der Waals surface area contributed by atoms with E-state index in [0.717, 1.165) is 34.4 Å². The number of benzene rings is 2. The zero-order chi connectivity index (χ0) is 23.6. The van der Waals surface area contributed by atoms with Gasteiger partial charge in [-0.2, -0.15) is 5.10 Å². The number of carbonyl (C=O) groups excluding carboxylic acids is 2. The number of nitrogens with one attached hydrogen (secondary N) is 1. The van der Waals surface area contributed by atoms with Crippen LogP contribution < -0.4 is 15.2 Å². The number of hydrogen-bond donors (Lipinski definition) is 1. The van der Waals surface area contributed by atoms with E-state index in [0.29, 0.717) is 6.61 Å². The summed E-state index contributed by atoms with van der Waals surface area (Å²) in [4.78, 5) is 26.3. The fourth-order valence-electron chi connectivity index (χ4n) is 4.12. The molecule has 0 fully saturated rings. The molecule has 3 aromatic rings. The highest BCUT2D eigenvalue weighted by atomic mass is 28.3. The van der Waals surface area contributed by atoms with Crippen LogP contribution in [0.3, 0.4) is 0 Å². The molecule has 0 spiro atoms. The van der Waals surface area contributed by atoms with Gasteiger partial charge in [-0.3, -0.25) is 14.3 Å². The van der Waals surface area contributed by atoms with Crippen molar-refractivity contribution in [1.82, 2.24) is 15.1 Å². The lowest BCUT2D eigenvalue weighted by atomic mass is 9.95. The number of aryl methyl sites for hydroxylation is 1. The van der Waals surface area contributed by atoms with Gasteiger partial charge >= 0.3 is 0 Å². The summed E-state index contributed by atoms with van der Waals surface area (Å²) < 4.78 is 7.27. The average molecular weight is 462 g/mol. The Morgan fingerprint density at radius 3 is 2.52 bits per heavy atom. The first kappa shape index (κ1) is 23.0. The minimum absolute atomic E-state index is 0.0332. The monoisotopic (exact) mass is 461 g/mol. The molecular weight excluding hydrogens is 430 g/mol. The van der Waals surface area contributed by atoms with Gasteiger partial charge in [0.25, 0.3) is 0 Å². The molecule has 0 bridgehead atoms. The van der Waals surface area contributed by atoms with Gasteiger partial charge in [-0.25, -0.2) is 0 Å². The van der Waals surface area contributed by atoms with E-state index in [1.54, 1.807) is 10.9 Å². The highest BCUT2D eigenvalue weighted by Gasteiger charge is 2.25. The second-order valence-corrected chi connectivity index (χ2v) is 14.8. The predicted molar refractivity (Wildman–Crippen MR) is 132 cm³/mol. The van der Waals surface area contributed by atoms with Gasteiger partial charge in [0.15, 0.2) is 5.78 Å². The number of rotatable bonds is 8. The van der Waals surface area contributed by atoms with Gasteiger partial charge in [-0.05, 0) is 34.4 Å². The fraction of sp³-hybridized carbons (Fsp3) is 0.346. The molecule has 1 aromatic heterocycles. The first-order valence-electron chi connectivity index (χ1n) is 11.3. The van der Waals surface area contributed by atoms with Crippen LogP contribution >= 0.6 is 0 Å². The van der Waals surface area contributed by atoms with Crippen LogP contribution in [0.5, 0.6) is 5.75 Å². The van der Waals surface area contributed by atoms with E-state index < -0.39 is 14.1 Å². The van der Waals surface area contributed by atoms with Gasteiger partial charge in [-0.15, -0.1) is 0 Å². The number of aromatic nitrogens is 2. The first-order chi connectivity index (χ1) is 15.7. The molecule has 0 radical (unpaired) electrons. The summed E-state index contributed by atoms with van der Waals surface area (Å²) in [6.45, 7) is 7.56.